The van der Waals surface area contributed by atoms with Gasteiger partial charge in [-0.15, -0.1) is 10.2 Å². The van der Waals surface area contributed by atoms with E-state index in [-0.39, 0.29) is 15.6 Å². The van der Waals surface area contributed by atoms with Gasteiger partial charge >= 0.3 is 5.97 Å². The number of carboxylic acid groups (broad SMARTS) is 1. The molecule has 0 bridgehead atoms. The number of nitrogens with zero attached hydrogens (tertiary/aromatic N) is 2. The van der Waals surface area contributed by atoms with Gasteiger partial charge in [-0.05, 0) is 37.1 Å². The summed E-state index contributed by atoms with van der Waals surface area (Å²) in [5.41, 5.74) is 2.39. The summed E-state index contributed by atoms with van der Waals surface area (Å²) < 4.78 is 26.8. The Morgan fingerprint density at radius 2 is 2.05 bits per heavy atom. The standard InChI is InChI=1S/C11H11N3O4S2/c1-6-3-8(10(15)16)4-9(7(6)2)20(17,18)14-11-13-12-5-19-11/h3-5H,1-2H3,(H,13,14)(H,15,16). The Morgan fingerprint density at radius 1 is 1.35 bits per heavy atom. The normalized spacial score (nSPS) is 11.3. The van der Waals surface area contributed by atoms with Gasteiger partial charge in [0.25, 0.3) is 10.0 Å². The molecule has 0 aliphatic rings. The highest BCUT2D eigenvalue weighted by atomic mass is 32.2. The van der Waals surface area contributed by atoms with Crippen molar-refractivity contribution in [2.45, 2.75) is 18.7 Å². The molecule has 9 heteroatoms. The number of benzene rings is 1. The quantitative estimate of drug-likeness (QED) is 0.888. The number of anilines is 1. The summed E-state index contributed by atoms with van der Waals surface area (Å²) in [5, 5.41) is 16.3. The molecule has 0 aliphatic carbocycles. The average Bonchev–Trinajstić information content (AvgIpc) is 2.83. The smallest absolute Gasteiger partial charge is 0.335 e. The topological polar surface area (TPSA) is 109 Å². The number of rotatable bonds is 4. The maximum Gasteiger partial charge on any atom is 0.335 e. The Morgan fingerprint density at radius 3 is 2.60 bits per heavy atom. The summed E-state index contributed by atoms with van der Waals surface area (Å²) in [4.78, 5) is 10.9. The highest BCUT2D eigenvalue weighted by Crippen LogP contribution is 2.24. The van der Waals surface area contributed by atoms with Crippen LogP contribution in [0.1, 0.15) is 21.5 Å². The second-order valence-corrected chi connectivity index (χ2v) is 6.55. The molecule has 0 amide bonds. The lowest BCUT2D eigenvalue weighted by atomic mass is 10.1. The first-order valence-electron chi connectivity index (χ1n) is 5.45. The third kappa shape index (κ3) is 2.78. The summed E-state index contributed by atoms with van der Waals surface area (Å²) in [7, 11) is -3.90. The van der Waals surface area contributed by atoms with Gasteiger partial charge in [0.05, 0.1) is 10.5 Å². The van der Waals surface area contributed by atoms with Crippen molar-refractivity contribution in [1.82, 2.24) is 10.2 Å². The fourth-order valence-corrected chi connectivity index (χ4v) is 3.65. The third-order valence-electron chi connectivity index (χ3n) is 2.74. The van der Waals surface area contributed by atoms with Crippen LogP contribution in [-0.2, 0) is 10.0 Å². The van der Waals surface area contributed by atoms with Gasteiger partial charge < -0.3 is 5.11 Å². The number of aryl methyl sites for hydroxylation is 1. The molecule has 0 spiro atoms. The molecule has 7 nitrogen and oxygen atoms in total. The minimum atomic E-state index is -3.90. The number of carboxylic acids is 1. The van der Waals surface area contributed by atoms with Crippen LogP contribution in [0, 0.1) is 13.8 Å². The Kier molecular flexibility index (Phi) is 3.73. The Hall–Kier alpha value is -2.00. The highest BCUT2D eigenvalue weighted by molar-refractivity contribution is 7.93. The fourth-order valence-electron chi connectivity index (χ4n) is 1.62. The van der Waals surface area contributed by atoms with Crippen LogP contribution in [0.25, 0.3) is 0 Å². The van der Waals surface area contributed by atoms with Gasteiger partial charge in [0.1, 0.15) is 5.51 Å². The maximum absolute atomic E-state index is 12.3. The van der Waals surface area contributed by atoms with E-state index in [2.05, 4.69) is 14.9 Å². The summed E-state index contributed by atoms with van der Waals surface area (Å²) in [5.74, 6) is -1.18. The van der Waals surface area contributed by atoms with Gasteiger partial charge in [0.2, 0.25) is 5.13 Å². The van der Waals surface area contributed by atoms with Crippen molar-refractivity contribution in [2.24, 2.45) is 0 Å². The van der Waals surface area contributed by atoms with Gasteiger partial charge in [-0.3, -0.25) is 4.72 Å². The molecule has 1 heterocycles. The van der Waals surface area contributed by atoms with Crippen LogP contribution < -0.4 is 4.72 Å². The van der Waals surface area contributed by atoms with Crippen LogP contribution in [0.15, 0.2) is 22.5 Å². The minimum absolute atomic E-state index is 0.0780. The lowest BCUT2D eigenvalue weighted by molar-refractivity contribution is 0.0696. The van der Waals surface area contributed by atoms with Gasteiger partial charge in [-0.1, -0.05) is 11.3 Å². The average molecular weight is 313 g/mol. The van der Waals surface area contributed by atoms with E-state index >= 15 is 0 Å². The van der Waals surface area contributed by atoms with E-state index < -0.39 is 16.0 Å². The molecule has 0 saturated heterocycles. The van der Waals surface area contributed by atoms with Gasteiger partial charge in [-0.2, -0.15) is 0 Å². The van der Waals surface area contributed by atoms with Crippen LogP contribution >= 0.6 is 11.3 Å². The number of aromatic carboxylic acids is 1. The number of sulfonamides is 1. The predicted octanol–water partition coefficient (Wildman–Crippen LogP) is 1.65. The zero-order valence-corrected chi connectivity index (χ0v) is 12.2. The first-order chi connectivity index (χ1) is 9.31. The van der Waals surface area contributed by atoms with Gasteiger partial charge in [-0.25, -0.2) is 13.2 Å². The van der Waals surface area contributed by atoms with Crippen molar-refractivity contribution in [2.75, 3.05) is 4.72 Å². The molecule has 0 aliphatic heterocycles. The first-order valence-corrected chi connectivity index (χ1v) is 7.81. The third-order valence-corrected chi connectivity index (χ3v) is 4.94. The van der Waals surface area contributed by atoms with Crippen LogP contribution in [0.4, 0.5) is 5.13 Å². The number of nitrogens with one attached hydrogen (secondary N) is 1. The van der Waals surface area contributed by atoms with E-state index in [0.717, 1.165) is 17.4 Å². The largest absolute Gasteiger partial charge is 0.478 e. The minimum Gasteiger partial charge on any atom is -0.478 e. The maximum atomic E-state index is 12.3. The van der Waals surface area contributed by atoms with Crippen molar-refractivity contribution in [3.05, 3.63) is 34.3 Å². The van der Waals surface area contributed by atoms with E-state index in [1.165, 1.54) is 11.6 Å². The van der Waals surface area contributed by atoms with E-state index in [1.54, 1.807) is 13.8 Å². The highest BCUT2D eigenvalue weighted by Gasteiger charge is 2.21. The molecule has 0 atom stereocenters. The molecule has 0 saturated carbocycles. The van der Waals surface area contributed by atoms with E-state index in [9.17, 15) is 13.2 Å². The number of carbonyl (C=O) groups is 1. The van der Waals surface area contributed by atoms with Crippen LogP contribution in [0.5, 0.6) is 0 Å². The zero-order valence-electron chi connectivity index (χ0n) is 10.6. The van der Waals surface area contributed by atoms with Crippen LogP contribution in [0.3, 0.4) is 0 Å². The lowest BCUT2D eigenvalue weighted by Gasteiger charge is -2.11. The fraction of sp³-hybridized carbons (Fsp3) is 0.182. The molecular weight excluding hydrogens is 302 g/mol. The molecule has 2 rings (SSSR count). The Balaban J connectivity index is 2.53. The molecule has 0 fully saturated rings. The van der Waals surface area contributed by atoms with Crippen molar-refractivity contribution in [3.63, 3.8) is 0 Å². The second kappa shape index (κ2) is 5.17. The number of hydrogen-bond donors (Lipinski definition) is 2. The SMILES string of the molecule is Cc1cc(C(=O)O)cc(S(=O)(=O)Nc2nncs2)c1C. The second-order valence-electron chi connectivity index (χ2n) is 4.07. The number of aromatic nitrogens is 2. The van der Waals surface area contributed by atoms with E-state index in [1.807, 2.05) is 0 Å². The molecule has 2 aromatic rings. The molecular formula is C11H11N3O4S2. The van der Waals surface area contributed by atoms with Gasteiger partial charge in [0.15, 0.2) is 0 Å². The summed E-state index contributed by atoms with van der Waals surface area (Å²) in [6.07, 6.45) is 0. The lowest BCUT2D eigenvalue weighted by Crippen LogP contribution is -2.16. The van der Waals surface area contributed by atoms with Crippen molar-refractivity contribution >= 4 is 32.5 Å². The molecule has 1 aromatic carbocycles. The molecule has 0 radical (unpaired) electrons. The molecule has 106 valence electrons. The monoisotopic (exact) mass is 313 g/mol. The van der Waals surface area contributed by atoms with Crippen LogP contribution in [-0.4, -0.2) is 29.7 Å². The van der Waals surface area contributed by atoms with Gasteiger partial charge in [0, 0.05) is 0 Å². The van der Waals surface area contributed by atoms with Crippen LogP contribution in [0.2, 0.25) is 0 Å². The summed E-state index contributed by atoms with van der Waals surface area (Å²) in [6, 6.07) is 2.57. The predicted molar refractivity (Wildman–Crippen MR) is 73.6 cm³/mol. The van der Waals surface area contributed by atoms with E-state index in [0.29, 0.717) is 11.1 Å². The zero-order chi connectivity index (χ0) is 14.9. The van der Waals surface area contributed by atoms with E-state index in [4.69, 9.17) is 5.11 Å². The summed E-state index contributed by atoms with van der Waals surface area (Å²) in [6.45, 7) is 3.28. The van der Waals surface area contributed by atoms with Crippen molar-refractivity contribution in [3.8, 4) is 0 Å². The molecule has 2 N–H and O–H groups in total. The Bertz CT molecular complexity index is 754. The number of hydrogen-bond acceptors (Lipinski definition) is 6. The first kappa shape index (κ1) is 14.4. The van der Waals surface area contributed by atoms with Crippen molar-refractivity contribution in [1.29, 1.82) is 0 Å². The molecule has 0 unspecified atom stereocenters. The molecule has 20 heavy (non-hydrogen) atoms. The Labute approximate surface area is 119 Å². The van der Waals surface area contributed by atoms with Crippen molar-refractivity contribution < 1.29 is 18.3 Å². The summed E-state index contributed by atoms with van der Waals surface area (Å²) >= 11 is 1.04. The molecule has 1 aromatic heterocycles.